The maximum Gasteiger partial charge on any atom is 0.133 e. The number of hydrogen-bond donors (Lipinski definition) is 1. The Morgan fingerprint density at radius 3 is 2.39 bits per heavy atom. The first-order valence-corrected chi connectivity index (χ1v) is 7.91. The van der Waals surface area contributed by atoms with Crippen molar-refractivity contribution in [1.82, 2.24) is 14.7 Å². The number of nitrogen functional groups attached to an aromatic ring is 1. The second-order valence-corrected chi connectivity index (χ2v) is 6.56. The first kappa shape index (κ1) is 15.8. The van der Waals surface area contributed by atoms with Gasteiger partial charge < -0.3 is 10.6 Å². The first-order valence-electron chi connectivity index (χ1n) is 7.91. The van der Waals surface area contributed by atoms with Crippen LogP contribution in [0.2, 0.25) is 0 Å². The average molecular weight is 317 g/mol. The van der Waals surface area contributed by atoms with E-state index in [2.05, 4.69) is 35.8 Å². The van der Waals surface area contributed by atoms with E-state index in [0.717, 1.165) is 24.3 Å². The fourth-order valence-corrected chi connectivity index (χ4v) is 3.24. The van der Waals surface area contributed by atoms with Gasteiger partial charge in [0.15, 0.2) is 0 Å². The van der Waals surface area contributed by atoms with Crippen LogP contribution >= 0.6 is 0 Å². The van der Waals surface area contributed by atoms with Crippen molar-refractivity contribution >= 4 is 11.4 Å². The lowest BCUT2D eigenvalue weighted by molar-refractivity contribution is 0.170. The van der Waals surface area contributed by atoms with E-state index in [0.29, 0.717) is 23.3 Å². The lowest BCUT2D eigenvalue weighted by Gasteiger charge is -2.43. The number of rotatable bonds is 2. The van der Waals surface area contributed by atoms with Gasteiger partial charge in [-0.2, -0.15) is 5.10 Å². The van der Waals surface area contributed by atoms with Crippen LogP contribution in [0.15, 0.2) is 24.5 Å². The zero-order chi connectivity index (χ0) is 16.7. The summed E-state index contributed by atoms with van der Waals surface area (Å²) in [7, 11) is 3.94. The molecule has 0 radical (unpaired) electrons. The molecule has 2 heterocycles. The molecule has 2 unspecified atom stereocenters. The summed E-state index contributed by atoms with van der Waals surface area (Å²) in [6, 6.07) is 4.08. The lowest BCUT2D eigenvalue weighted by atomic mass is 10.0. The molecule has 1 aliphatic heterocycles. The SMILES string of the molecule is CC1CN(c2cc(F)c(-c3cnn(C)c3)cc2N)CC(C)N1C. The predicted octanol–water partition coefficient (Wildman–Crippen LogP) is 2.34. The fourth-order valence-electron chi connectivity index (χ4n) is 3.24. The Balaban J connectivity index is 1.94. The lowest BCUT2D eigenvalue weighted by Crippen LogP contribution is -2.55. The van der Waals surface area contributed by atoms with Crippen molar-refractivity contribution in [3.8, 4) is 11.1 Å². The summed E-state index contributed by atoms with van der Waals surface area (Å²) in [5, 5.41) is 4.10. The minimum absolute atomic E-state index is 0.263. The van der Waals surface area contributed by atoms with Crippen molar-refractivity contribution in [2.24, 2.45) is 7.05 Å². The van der Waals surface area contributed by atoms with Gasteiger partial charge in [0.25, 0.3) is 0 Å². The molecule has 6 heteroatoms. The van der Waals surface area contributed by atoms with Crippen LogP contribution < -0.4 is 10.6 Å². The molecule has 0 bridgehead atoms. The highest BCUT2D eigenvalue weighted by atomic mass is 19.1. The summed E-state index contributed by atoms with van der Waals surface area (Å²) in [4.78, 5) is 4.52. The van der Waals surface area contributed by atoms with E-state index in [1.54, 1.807) is 29.2 Å². The van der Waals surface area contributed by atoms with Gasteiger partial charge in [0.05, 0.1) is 17.6 Å². The Morgan fingerprint density at radius 1 is 1.17 bits per heavy atom. The quantitative estimate of drug-likeness (QED) is 0.864. The van der Waals surface area contributed by atoms with Crippen LogP contribution in [0, 0.1) is 5.82 Å². The third-order valence-electron chi connectivity index (χ3n) is 4.83. The van der Waals surface area contributed by atoms with Gasteiger partial charge in [-0.15, -0.1) is 0 Å². The Hall–Kier alpha value is -2.08. The second-order valence-electron chi connectivity index (χ2n) is 6.56. The molecule has 0 saturated carbocycles. The predicted molar refractivity (Wildman–Crippen MR) is 91.9 cm³/mol. The monoisotopic (exact) mass is 317 g/mol. The molecule has 1 aromatic heterocycles. The van der Waals surface area contributed by atoms with Gasteiger partial charge in [-0.1, -0.05) is 0 Å². The minimum Gasteiger partial charge on any atom is -0.397 e. The van der Waals surface area contributed by atoms with Crippen molar-refractivity contribution in [2.75, 3.05) is 30.8 Å². The maximum atomic E-state index is 14.6. The number of nitrogens with two attached hydrogens (primary N) is 1. The van der Waals surface area contributed by atoms with E-state index in [-0.39, 0.29) is 5.82 Å². The third-order valence-corrected chi connectivity index (χ3v) is 4.83. The molecule has 1 aliphatic rings. The first-order chi connectivity index (χ1) is 10.9. The summed E-state index contributed by atoms with van der Waals surface area (Å²) < 4.78 is 16.3. The highest BCUT2D eigenvalue weighted by molar-refractivity contribution is 5.77. The normalized spacial score (nSPS) is 22.6. The highest BCUT2D eigenvalue weighted by Gasteiger charge is 2.28. The van der Waals surface area contributed by atoms with E-state index in [4.69, 9.17) is 5.73 Å². The molecule has 1 saturated heterocycles. The number of halogens is 1. The van der Waals surface area contributed by atoms with Crippen LogP contribution in [-0.4, -0.2) is 46.9 Å². The molecule has 1 fully saturated rings. The molecule has 1 aromatic carbocycles. The standard InChI is InChI=1S/C17H24FN5/c1-11-8-23(9-12(2)22(11)4)17-6-15(18)14(5-16(17)19)13-7-20-21(3)10-13/h5-7,10-12H,8-9,19H2,1-4H3. The highest BCUT2D eigenvalue weighted by Crippen LogP contribution is 2.33. The van der Waals surface area contributed by atoms with E-state index in [1.807, 2.05) is 7.05 Å². The minimum atomic E-state index is -0.263. The summed E-state index contributed by atoms with van der Waals surface area (Å²) >= 11 is 0. The second kappa shape index (κ2) is 5.85. The Bertz CT molecular complexity index is 699. The zero-order valence-corrected chi connectivity index (χ0v) is 14.1. The number of likely N-dealkylation sites (N-methyl/N-ethyl adjacent to an activating group) is 1. The number of piperazine rings is 1. The van der Waals surface area contributed by atoms with Gasteiger partial charge in [0.1, 0.15) is 5.82 Å². The molecule has 5 nitrogen and oxygen atoms in total. The van der Waals surface area contributed by atoms with Crippen LogP contribution in [-0.2, 0) is 7.05 Å². The summed E-state index contributed by atoms with van der Waals surface area (Å²) in [6.45, 7) is 6.05. The zero-order valence-electron chi connectivity index (χ0n) is 14.1. The van der Waals surface area contributed by atoms with Crippen LogP contribution in [0.5, 0.6) is 0 Å². The number of hydrogen-bond acceptors (Lipinski definition) is 4. The molecule has 2 aromatic rings. The summed E-state index contributed by atoms with van der Waals surface area (Å²) in [6.07, 6.45) is 3.44. The molecular weight excluding hydrogens is 293 g/mol. The Kier molecular flexibility index (Phi) is 4.02. The number of benzene rings is 1. The van der Waals surface area contributed by atoms with E-state index in [1.165, 1.54) is 0 Å². The van der Waals surface area contributed by atoms with Gasteiger partial charge in [-0.05, 0) is 33.0 Å². The van der Waals surface area contributed by atoms with E-state index >= 15 is 0 Å². The smallest absolute Gasteiger partial charge is 0.133 e. The van der Waals surface area contributed by atoms with Crippen LogP contribution in [0.3, 0.4) is 0 Å². The molecule has 2 N–H and O–H groups in total. The Labute approximate surface area is 136 Å². The fraction of sp³-hybridized carbons (Fsp3) is 0.471. The molecule has 23 heavy (non-hydrogen) atoms. The molecule has 0 aliphatic carbocycles. The number of nitrogens with zero attached hydrogens (tertiary/aromatic N) is 4. The van der Waals surface area contributed by atoms with Gasteiger partial charge in [-0.3, -0.25) is 9.58 Å². The van der Waals surface area contributed by atoms with Crippen LogP contribution in [0.25, 0.3) is 11.1 Å². The van der Waals surface area contributed by atoms with Gasteiger partial charge >= 0.3 is 0 Å². The van der Waals surface area contributed by atoms with Gasteiger partial charge in [0.2, 0.25) is 0 Å². The molecule has 0 spiro atoms. The van der Waals surface area contributed by atoms with Crippen LogP contribution in [0.1, 0.15) is 13.8 Å². The molecule has 124 valence electrons. The largest absolute Gasteiger partial charge is 0.397 e. The van der Waals surface area contributed by atoms with Crippen molar-refractivity contribution in [3.05, 3.63) is 30.3 Å². The number of aromatic nitrogens is 2. The van der Waals surface area contributed by atoms with Crippen LogP contribution in [0.4, 0.5) is 15.8 Å². The van der Waals surface area contributed by atoms with E-state index < -0.39 is 0 Å². The molecule has 2 atom stereocenters. The van der Waals surface area contributed by atoms with Crippen molar-refractivity contribution in [1.29, 1.82) is 0 Å². The number of aryl methyl sites for hydroxylation is 1. The van der Waals surface area contributed by atoms with E-state index in [9.17, 15) is 4.39 Å². The third kappa shape index (κ3) is 2.91. The Morgan fingerprint density at radius 2 is 1.83 bits per heavy atom. The molecular formula is C17H24FN5. The summed E-state index contributed by atoms with van der Waals surface area (Å²) in [5.74, 6) is -0.263. The van der Waals surface area contributed by atoms with Gasteiger partial charge in [-0.25, -0.2) is 4.39 Å². The molecule has 3 rings (SSSR count). The van der Waals surface area contributed by atoms with Crippen molar-refractivity contribution in [3.63, 3.8) is 0 Å². The van der Waals surface area contributed by atoms with Crippen molar-refractivity contribution in [2.45, 2.75) is 25.9 Å². The summed E-state index contributed by atoms with van der Waals surface area (Å²) in [5.41, 5.74) is 8.86. The topological polar surface area (TPSA) is 50.3 Å². The van der Waals surface area contributed by atoms with Gasteiger partial charge in [0, 0.05) is 49.5 Å². The number of anilines is 2. The molecule has 0 amide bonds. The van der Waals surface area contributed by atoms with Crippen molar-refractivity contribution < 1.29 is 4.39 Å². The average Bonchev–Trinajstić information content (AvgIpc) is 2.92. The maximum absolute atomic E-state index is 14.6.